The van der Waals surface area contributed by atoms with Gasteiger partial charge in [0.25, 0.3) is 0 Å². The van der Waals surface area contributed by atoms with Gasteiger partial charge in [-0.05, 0) is 25.5 Å². The summed E-state index contributed by atoms with van der Waals surface area (Å²) in [6, 6.07) is 3.19. The molecule has 1 atom stereocenters. The van der Waals surface area contributed by atoms with Crippen molar-refractivity contribution in [1.29, 1.82) is 0 Å². The topological polar surface area (TPSA) is 28.6 Å². The third-order valence-corrected chi connectivity index (χ3v) is 4.52. The Bertz CT molecular complexity index is 464. The van der Waals surface area contributed by atoms with E-state index in [1.165, 1.54) is 0 Å². The fourth-order valence-electron chi connectivity index (χ4n) is 2.77. The highest BCUT2D eigenvalue weighted by atomic mass is 35.5. The predicted octanol–water partition coefficient (Wildman–Crippen LogP) is 1.95. The van der Waals surface area contributed by atoms with Gasteiger partial charge in [-0.3, -0.25) is 4.90 Å². The van der Waals surface area contributed by atoms with E-state index in [0.29, 0.717) is 12.1 Å². The number of piperazine rings is 1. The minimum Gasteiger partial charge on any atom is -0.378 e. The van der Waals surface area contributed by atoms with Crippen LogP contribution in [0.2, 0.25) is 5.02 Å². The molecule has 2 saturated heterocycles. The maximum atomic E-state index is 6.04. The second kappa shape index (κ2) is 5.27. The van der Waals surface area contributed by atoms with Crippen LogP contribution in [0.15, 0.2) is 12.3 Å². The summed E-state index contributed by atoms with van der Waals surface area (Å²) in [5, 5.41) is 0.738. The van der Waals surface area contributed by atoms with Crippen molar-refractivity contribution in [3.63, 3.8) is 0 Å². The van der Waals surface area contributed by atoms with Crippen molar-refractivity contribution < 1.29 is 4.74 Å². The molecule has 0 radical (unpaired) electrons. The molecule has 0 spiro atoms. The normalized spacial score (nSPS) is 25.4. The highest BCUT2D eigenvalue weighted by Crippen LogP contribution is 2.24. The summed E-state index contributed by atoms with van der Waals surface area (Å²) in [4.78, 5) is 9.38. The van der Waals surface area contributed by atoms with Crippen molar-refractivity contribution >= 4 is 17.4 Å². The molecule has 0 bridgehead atoms. The molecule has 0 unspecified atom stereocenters. The molecule has 1 aromatic heterocycles. The van der Waals surface area contributed by atoms with Crippen LogP contribution in [0.4, 0.5) is 5.82 Å². The largest absolute Gasteiger partial charge is 0.378 e. The Kier molecular flexibility index (Phi) is 3.65. The van der Waals surface area contributed by atoms with Crippen LogP contribution in [0.3, 0.4) is 0 Å². The lowest BCUT2D eigenvalue weighted by Crippen LogP contribution is -2.59. The van der Waals surface area contributed by atoms with Gasteiger partial charge in [0.15, 0.2) is 0 Å². The Morgan fingerprint density at radius 2 is 2.16 bits per heavy atom. The van der Waals surface area contributed by atoms with E-state index in [0.717, 1.165) is 49.3 Å². The van der Waals surface area contributed by atoms with Gasteiger partial charge in [-0.25, -0.2) is 4.98 Å². The van der Waals surface area contributed by atoms with Crippen molar-refractivity contribution in [2.45, 2.75) is 25.9 Å². The molecule has 2 aliphatic rings. The van der Waals surface area contributed by atoms with E-state index in [-0.39, 0.29) is 0 Å². The Morgan fingerprint density at radius 3 is 2.74 bits per heavy atom. The third-order valence-electron chi connectivity index (χ3n) is 4.12. The van der Waals surface area contributed by atoms with Gasteiger partial charge in [0.1, 0.15) is 5.82 Å². The Hall–Kier alpha value is -0.840. The Balaban J connectivity index is 1.70. The van der Waals surface area contributed by atoms with E-state index in [9.17, 15) is 0 Å². The summed E-state index contributed by atoms with van der Waals surface area (Å²) < 4.78 is 5.28. The molecule has 0 aromatic carbocycles. The summed E-state index contributed by atoms with van der Waals surface area (Å²) in [6.07, 6.45) is 1.76. The lowest BCUT2D eigenvalue weighted by atomic mass is 10.1. The first-order valence-corrected chi connectivity index (χ1v) is 7.23. The molecule has 3 heterocycles. The van der Waals surface area contributed by atoms with Gasteiger partial charge in [-0.1, -0.05) is 11.6 Å². The first-order valence-electron chi connectivity index (χ1n) is 6.85. The second-order valence-electron chi connectivity index (χ2n) is 5.52. The standard InChI is InChI=1S/C14H20ClN3O/c1-10-5-14(16-6-13(10)15)18-4-3-17(7-11(18)2)12-8-19-9-12/h5-6,11-12H,3-4,7-9H2,1-2H3/t11-/m0/s1. The van der Waals surface area contributed by atoms with Gasteiger partial charge in [-0.15, -0.1) is 0 Å². The number of halogens is 1. The molecule has 19 heavy (non-hydrogen) atoms. The van der Waals surface area contributed by atoms with Crippen molar-refractivity contribution in [3.05, 3.63) is 22.8 Å². The predicted molar refractivity (Wildman–Crippen MR) is 77.0 cm³/mol. The highest BCUT2D eigenvalue weighted by Gasteiger charge is 2.32. The molecule has 0 amide bonds. The van der Waals surface area contributed by atoms with Crippen molar-refractivity contribution in [1.82, 2.24) is 9.88 Å². The molecule has 104 valence electrons. The van der Waals surface area contributed by atoms with E-state index in [2.05, 4.69) is 27.8 Å². The van der Waals surface area contributed by atoms with Gasteiger partial charge < -0.3 is 9.64 Å². The van der Waals surface area contributed by atoms with E-state index in [1.54, 1.807) is 6.20 Å². The minimum atomic E-state index is 0.474. The molecule has 4 nitrogen and oxygen atoms in total. The van der Waals surface area contributed by atoms with Crippen LogP contribution in [0.5, 0.6) is 0 Å². The summed E-state index contributed by atoms with van der Waals surface area (Å²) in [6.45, 7) is 9.26. The van der Waals surface area contributed by atoms with Gasteiger partial charge >= 0.3 is 0 Å². The van der Waals surface area contributed by atoms with Crippen LogP contribution in [0.25, 0.3) is 0 Å². The minimum absolute atomic E-state index is 0.474. The number of anilines is 1. The molecule has 3 rings (SSSR count). The molecule has 0 saturated carbocycles. The number of ether oxygens (including phenoxy) is 1. The number of rotatable bonds is 2. The first-order chi connectivity index (χ1) is 9.15. The zero-order valence-electron chi connectivity index (χ0n) is 11.5. The third kappa shape index (κ3) is 2.57. The van der Waals surface area contributed by atoms with Crippen molar-refractivity contribution in [2.75, 3.05) is 37.7 Å². The molecule has 0 N–H and O–H groups in total. The summed E-state index contributed by atoms with van der Waals surface area (Å²) in [5.41, 5.74) is 1.09. The zero-order valence-corrected chi connectivity index (χ0v) is 12.2. The fraction of sp³-hybridized carbons (Fsp3) is 0.643. The summed E-state index contributed by atoms with van der Waals surface area (Å²) in [5.74, 6) is 1.04. The highest BCUT2D eigenvalue weighted by molar-refractivity contribution is 6.31. The van der Waals surface area contributed by atoms with Gasteiger partial charge in [0.2, 0.25) is 0 Å². The van der Waals surface area contributed by atoms with E-state index in [4.69, 9.17) is 16.3 Å². The quantitative estimate of drug-likeness (QED) is 0.829. The lowest BCUT2D eigenvalue weighted by Gasteiger charge is -2.46. The molecule has 2 fully saturated rings. The molecule has 2 aliphatic heterocycles. The number of aromatic nitrogens is 1. The number of nitrogens with zero attached hydrogens (tertiary/aromatic N) is 3. The zero-order chi connectivity index (χ0) is 13.4. The summed E-state index contributed by atoms with van der Waals surface area (Å²) >= 11 is 6.04. The maximum Gasteiger partial charge on any atom is 0.129 e. The number of pyridine rings is 1. The molecule has 5 heteroatoms. The SMILES string of the molecule is Cc1cc(N2CCN(C3COC3)C[C@@H]2C)ncc1Cl. The van der Waals surface area contributed by atoms with Crippen molar-refractivity contribution in [2.24, 2.45) is 0 Å². The molecule has 0 aliphatic carbocycles. The number of aryl methyl sites for hydroxylation is 1. The van der Waals surface area contributed by atoms with E-state index >= 15 is 0 Å². The van der Waals surface area contributed by atoms with Crippen LogP contribution in [0.1, 0.15) is 12.5 Å². The second-order valence-corrected chi connectivity index (χ2v) is 5.93. The van der Waals surface area contributed by atoms with Crippen LogP contribution >= 0.6 is 11.6 Å². The molecule has 1 aromatic rings. The van der Waals surface area contributed by atoms with Gasteiger partial charge in [0.05, 0.1) is 24.3 Å². The van der Waals surface area contributed by atoms with Crippen LogP contribution in [0, 0.1) is 6.92 Å². The first kappa shape index (κ1) is 13.2. The molecular weight excluding hydrogens is 262 g/mol. The monoisotopic (exact) mass is 281 g/mol. The van der Waals surface area contributed by atoms with Crippen LogP contribution in [-0.2, 0) is 4.74 Å². The van der Waals surface area contributed by atoms with E-state index < -0.39 is 0 Å². The average Bonchev–Trinajstić information content (AvgIpc) is 2.31. The van der Waals surface area contributed by atoms with E-state index in [1.807, 2.05) is 6.92 Å². The fourth-order valence-corrected chi connectivity index (χ4v) is 2.88. The summed E-state index contributed by atoms with van der Waals surface area (Å²) in [7, 11) is 0. The lowest BCUT2D eigenvalue weighted by molar-refractivity contribution is -0.0692. The smallest absolute Gasteiger partial charge is 0.129 e. The Morgan fingerprint density at radius 1 is 1.37 bits per heavy atom. The van der Waals surface area contributed by atoms with Crippen molar-refractivity contribution in [3.8, 4) is 0 Å². The van der Waals surface area contributed by atoms with Crippen LogP contribution < -0.4 is 4.90 Å². The average molecular weight is 282 g/mol. The number of hydrogen-bond donors (Lipinski definition) is 0. The van der Waals surface area contributed by atoms with Gasteiger partial charge in [0, 0.05) is 31.9 Å². The van der Waals surface area contributed by atoms with Gasteiger partial charge in [-0.2, -0.15) is 0 Å². The maximum absolute atomic E-state index is 6.04. The Labute approximate surface area is 119 Å². The van der Waals surface area contributed by atoms with Crippen LogP contribution in [-0.4, -0.2) is 54.8 Å². The number of hydrogen-bond acceptors (Lipinski definition) is 4. The molecular formula is C14H20ClN3O.